The molecule has 0 N–H and O–H groups in total. The minimum atomic E-state index is 0.880. The minimum absolute atomic E-state index is 0.880. The zero-order valence-corrected chi connectivity index (χ0v) is 12.6. The van der Waals surface area contributed by atoms with Gasteiger partial charge >= 0.3 is 0 Å². The molecule has 1 aliphatic carbocycles. The molecule has 0 fully saturated rings. The van der Waals surface area contributed by atoms with Gasteiger partial charge in [-0.3, -0.25) is 0 Å². The standard InChI is InChI=1S/C23H14/c1-2-17-7-9-18(10-8-17)11-12-19-13-14-23-21(15-19)16-20-5-3-4-6-22(20)23/h1,3-10,13-15H,16H2. The molecule has 23 heavy (non-hydrogen) atoms. The van der Waals surface area contributed by atoms with Crippen molar-refractivity contribution in [2.45, 2.75) is 6.42 Å². The van der Waals surface area contributed by atoms with E-state index in [0.29, 0.717) is 0 Å². The van der Waals surface area contributed by atoms with Crippen molar-refractivity contribution in [2.75, 3.05) is 0 Å². The largest absolute Gasteiger partial charge is 0.115 e. The van der Waals surface area contributed by atoms with Gasteiger partial charge in [-0.1, -0.05) is 48.1 Å². The first kappa shape index (κ1) is 13.4. The van der Waals surface area contributed by atoms with Gasteiger partial charge in [0.25, 0.3) is 0 Å². The second kappa shape index (κ2) is 5.53. The van der Waals surface area contributed by atoms with Crippen LogP contribution in [-0.2, 0) is 6.42 Å². The molecule has 0 saturated heterocycles. The monoisotopic (exact) mass is 290 g/mol. The van der Waals surface area contributed by atoms with E-state index < -0.39 is 0 Å². The van der Waals surface area contributed by atoms with Gasteiger partial charge in [-0.05, 0) is 65.1 Å². The molecule has 3 aromatic rings. The van der Waals surface area contributed by atoms with Gasteiger partial charge in [-0.15, -0.1) is 6.42 Å². The average Bonchev–Trinajstić information content (AvgIpc) is 2.98. The van der Waals surface area contributed by atoms with Crippen molar-refractivity contribution < 1.29 is 0 Å². The fraction of sp³-hybridized carbons (Fsp3) is 0.0435. The van der Waals surface area contributed by atoms with E-state index >= 15 is 0 Å². The molecular weight excluding hydrogens is 276 g/mol. The Morgan fingerprint density at radius 1 is 0.652 bits per heavy atom. The average molecular weight is 290 g/mol. The Bertz CT molecular complexity index is 987. The fourth-order valence-electron chi connectivity index (χ4n) is 3.02. The second-order valence-electron chi connectivity index (χ2n) is 5.68. The van der Waals surface area contributed by atoms with Crippen LogP contribution >= 0.6 is 0 Å². The molecule has 0 bridgehead atoms. The van der Waals surface area contributed by atoms with E-state index in [-0.39, 0.29) is 0 Å². The van der Waals surface area contributed by atoms with E-state index in [9.17, 15) is 0 Å². The van der Waals surface area contributed by atoms with Crippen LogP contribution in [0.2, 0.25) is 0 Å². The first-order chi connectivity index (χ1) is 11.3. The maximum absolute atomic E-state index is 5.37. The molecule has 0 amide bonds. The Hall–Kier alpha value is -3.22. The Morgan fingerprint density at radius 3 is 2.13 bits per heavy atom. The van der Waals surface area contributed by atoms with Crippen molar-refractivity contribution >= 4 is 0 Å². The lowest BCUT2D eigenvalue weighted by molar-refractivity contribution is 1.26. The summed E-state index contributed by atoms with van der Waals surface area (Å²) in [6, 6.07) is 22.9. The molecule has 0 nitrogen and oxygen atoms in total. The molecular formula is C23H14. The summed E-state index contributed by atoms with van der Waals surface area (Å²) in [4.78, 5) is 0. The van der Waals surface area contributed by atoms with Crippen molar-refractivity contribution in [3.8, 4) is 35.3 Å². The van der Waals surface area contributed by atoms with Crippen molar-refractivity contribution in [2.24, 2.45) is 0 Å². The quantitative estimate of drug-likeness (QED) is 0.414. The Kier molecular flexibility index (Phi) is 3.23. The molecule has 0 radical (unpaired) electrons. The Balaban J connectivity index is 1.64. The summed E-state index contributed by atoms with van der Waals surface area (Å²) in [7, 11) is 0. The SMILES string of the molecule is C#Cc1ccc(C#Cc2ccc3c(c2)Cc2ccccc2-3)cc1. The van der Waals surface area contributed by atoms with Gasteiger partial charge in [0.05, 0.1) is 0 Å². The van der Waals surface area contributed by atoms with Gasteiger partial charge in [0.2, 0.25) is 0 Å². The van der Waals surface area contributed by atoms with E-state index in [1.165, 1.54) is 22.3 Å². The highest BCUT2D eigenvalue weighted by Crippen LogP contribution is 2.36. The van der Waals surface area contributed by atoms with Crippen LogP contribution in [0.4, 0.5) is 0 Å². The molecule has 0 spiro atoms. The molecule has 0 atom stereocenters. The summed E-state index contributed by atoms with van der Waals surface area (Å²) >= 11 is 0. The second-order valence-corrected chi connectivity index (χ2v) is 5.68. The lowest BCUT2D eigenvalue weighted by Gasteiger charge is -2.00. The zero-order valence-electron chi connectivity index (χ0n) is 12.6. The molecule has 106 valence electrons. The van der Waals surface area contributed by atoms with E-state index in [1.807, 2.05) is 24.3 Å². The molecule has 3 aromatic carbocycles. The van der Waals surface area contributed by atoms with Gasteiger partial charge in [0, 0.05) is 16.7 Å². The van der Waals surface area contributed by atoms with Crippen LogP contribution in [0, 0.1) is 24.2 Å². The molecule has 0 saturated carbocycles. The third kappa shape index (κ3) is 2.52. The Labute approximate surface area is 136 Å². The molecule has 0 heteroatoms. The van der Waals surface area contributed by atoms with Crippen molar-refractivity contribution in [1.82, 2.24) is 0 Å². The fourth-order valence-corrected chi connectivity index (χ4v) is 3.02. The molecule has 4 rings (SSSR count). The summed E-state index contributed by atoms with van der Waals surface area (Å²) in [5.74, 6) is 9.08. The lowest BCUT2D eigenvalue weighted by atomic mass is 10.0. The normalized spacial score (nSPS) is 10.9. The van der Waals surface area contributed by atoms with Crippen LogP contribution in [0.1, 0.15) is 27.8 Å². The summed E-state index contributed by atoms with van der Waals surface area (Å²) in [5, 5.41) is 0. The third-order valence-corrected chi connectivity index (χ3v) is 4.20. The van der Waals surface area contributed by atoms with E-state index in [2.05, 4.69) is 60.2 Å². The number of terminal acetylenes is 1. The third-order valence-electron chi connectivity index (χ3n) is 4.20. The summed E-state index contributed by atoms with van der Waals surface area (Å²) in [5.41, 5.74) is 8.37. The highest BCUT2D eigenvalue weighted by atomic mass is 14.2. The van der Waals surface area contributed by atoms with Gasteiger partial charge < -0.3 is 0 Å². The summed E-state index contributed by atoms with van der Waals surface area (Å²) in [6.07, 6.45) is 6.37. The van der Waals surface area contributed by atoms with E-state index in [4.69, 9.17) is 6.42 Å². The van der Waals surface area contributed by atoms with Crippen LogP contribution in [0.25, 0.3) is 11.1 Å². The van der Waals surface area contributed by atoms with Crippen molar-refractivity contribution in [1.29, 1.82) is 0 Å². The van der Waals surface area contributed by atoms with Gasteiger partial charge in [0.15, 0.2) is 0 Å². The van der Waals surface area contributed by atoms with Crippen LogP contribution in [0.3, 0.4) is 0 Å². The summed E-state index contributed by atoms with van der Waals surface area (Å²) in [6.45, 7) is 0. The van der Waals surface area contributed by atoms with Gasteiger partial charge in [-0.25, -0.2) is 0 Å². The van der Waals surface area contributed by atoms with Crippen molar-refractivity contribution in [3.63, 3.8) is 0 Å². The van der Waals surface area contributed by atoms with E-state index in [1.54, 1.807) is 0 Å². The van der Waals surface area contributed by atoms with Gasteiger partial charge in [0.1, 0.15) is 0 Å². The van der Waals surface area contributed by atoms with Gasteiger partial charge in [-0.2, -0.15) is 0 Å². The maximum Gasteiger partial charge on any atom is 0.0252 e. The molecule has 0 unspecified atom stereocenters. The number of benzene rings is 3. The first-order valence-corrected chi connectivity index (χ1v) is 7.63. The maximum atomic E-state index is 5.37. The number of hydrogen-bond acceptors (Lipinski definition) is 0. The van der Waals surface area contributed by atoms with Crippen LogP contribution in [0.5, 0.6) is 0 Å². The predicted molar refractivity (Wildman–Crippen MR) is 95.0 cm³/mol. The molecule has 0 aliphatic heterocycles. The molecule has 0 aromatic heterocycles. The lowest BCUT2D eigenvalue weighted by Crippen LogP contribution is -1.83. The topological polar surface area (TPSA) is 0 Å². The highest BCUT2D eigenvalue weighted by Gasteiger charge is 2.17. The summed E-state index contributed by atoms with van der Waals surface area (Å²) < 4.78 is 0. The van der Waals surface area contributed by atoms with Crippen LogP contribution in [0.15, 0.2) is 66.7 Å². The number of fused-ring (bicyclic) bond motifs is 3. The highest BCUT2D eigenvalue weighted by molar-refractivity contribution is 5.77. The van der Waals surface area contributed by atoms with Crippen LogP contribution in [-0.4, -0.2) is 0 Å². The Morgan fingerprint density at radius 2 is 1.30 bits per heavy atom. The van der Waals surface area contributed by atoms with Crippen LogP contribution < -0.4 is 0 Å². The minimum Gasteiger partial charge on any atom is -0.115 e. The van der Waals surface area contributed by atoms with Crippen molar-refractivity contribution in [3.05, 3.63) is 94.5 Å². The van der Waals surface area contributed by atoms with E-state index in [0.717, 1.165) is 23.1 Å². The molecule has 0 heterocycles. The smallest absolute Gasteiger partial charge is 0.0252 e. The zero-order chi connectivity index (χ0) is 15.6. The number of rotatable bonds is 0. The first-order valence-electron chi connectivity index (χ1n) is 7.63. The number of hydrogen-bond donors (Lipinski definition) is 0. The molecule has 1 aliphatic rings. The predicted octanol–water partition coefficient (Wildman–Crippen LogP) is 4.64.